The summed E-state index contributed by atoms with van der Waals surface area (Å²) in [6.45, 7) is 6.78. The maximum Gasteiger partial charge on any atom is 0.148 e. The van der Waals surface area contributed by atoms with Crippen LogP contribution in [0, 0.1) is 11.8 Å². The summed E-state index contributed by atoms with van der Waals surface area (Å²) in [5, 5.41) is 0. The largest absolute Gasteiger partial charge is 0.374 e. The van der Waals surface area contributed by atoms with Gasteiger partial charge in [-0.15, -0.1) is 0 Å². The van der Waals surface area contributed by atoms with Crippen LogP contribution in [0.15, 0.2) is 0 Å². The maximum atomic E-state index is 10.6. The summed E-state index contributed by atoms with van der Waals surface area (Å²) in [5.74, 6) is 1.44. The van der Waals surface area contributed by atoms with E-state index in [1.54, 1.807) is 7.11 Å². The van der Waals surface area contributed by atoms with Gasteiger partial charge in [0.15, 0.2) is 0 Å². The molecule has 3 atom stereocenters. The lowest BCUT2D eigenvalue weighted by Gasteiger charge is -2.16. The molecule has 0 saturated heterocycles. The Hall–Kier alpha value is -0.370. The average Bonchev–Trinajstić information content (AvgIpc) is 2.26. The number of aldehydes is 1. The quantitative estimate of drug-likeness (QED) is 0.531. The predicted molar refractivity (Wildman–Crippen MR) is 68.6 cm³/mol. The van der Waals surface area contributed by atoms with Gasteiger partial charge in [0.05, 0.1) is 0 Å². The topological polar surface area (TPSA) is 26.3 Å². The van der Waals surface area contributed by atoms with Gasteiger partial charge in [-0.2, -0.15) is 0 Å². The first-order valence-corrected chi connectivity index (χ1v) is 6.62. The molecule has 0 aliphatic heterocycles. The zero-order chi connectivity index (χ0) is 12.4. The molecule has 96 valence electrons. The van der Waals surface area contributed by atoms with Crippen molar-refractivity contribution in [2.24, 2.45) is 11.8 Å². The molecule has 0 aliphatic rings. The second-order valence-electron chi connectivity index (χ2n) is 5.08. The summed E-state index contributed by atoms with van der Waals surface area (Å²) in [4.78, 5) is 10.6. The molecule has 0 aromatic carbocycles. The second kappa shape index (κ2) is 9.83. The highest BCUT2D eigenvalue weighted by Crippen LogP contribution is 2.19. The number of hydrogen-bond acceptors (Lipinski definition) is 2. The van der Waals surface area contributed by atoms with Crippen molar-refractivity contribution in [1.29, 1.82) is 0 Å². The Kier molecular flexibility index (Phi) is 9.60. The molecule has 0 N–H and O–H groups in total. The minimum Gasteiger partial charge on any atom is -0.374 e. The van der Waals surface area contributed by atoms with Crippen molar-refractivity contribution in [3.8, 4) is 0 Å². The van der Waals surface area contributed by atoms with Crippen molar-refractivity contribution in [2.45, 2.75) is 65.4 Å². The highest BCUT2D eigenvalue weighted by molar-refractivity contribution is 5.55. The molecule has 2 heteroatoms. The van der Waals surface area contributed by atoms with Crippen molar-refractivity contribution in [2.75, 3.05) is 7.11 Å². The molecule has 0 amide bonds. The van der Waals surface area contributed by atoms with Crippen molar-refractivity contribution in [3.05, 3.63) is 0 Å². The van der Waals surface area contributed by atoms with Gasteiger partial charge in [0, 0.05) is 7.11 Å². The lowest BCUT2D eigenvalue weighted by molar-refractivity contribution is -0.117. The van der Waals surface area contributed by atoms with Crippen molar-refractivity contribution >= 4 is 6.29 Å². The SMILES string of the molecule is CCCC(C)CCCC(C)CC(C=O)OC. The van der Waals surface area contributed by atoms with E-state index in [2.05, 4.69) is 20.8 Å². The molecule has 0 aromatic heterocycles. The number of rotatable bonds is 10. The Morgan fingerprint density at radius 1 is 1.12 bits per heavy atom. The highest BCUT2D eigenvalue weighted by atomic mass is 16.5. The summed E-state index contributed by atoms with van der Waals surface area (Å²) >= 11 is 0. The van der Waals surface area contributed by atoms with Crippen molar-refractivity contribution in [1.82, 2.24) is 0 Å². The molecular weight excluding hydrogens is 200 g/mol. The summed E-state index contributed by atoms with van der Waals surface area (Å²) in [6.07, 6.45) is 7.99. The Bertz CT molecular complexity index is 168. The van der Waals surface area contributed by atoms with Crippen LogP contribution in [0.1, 0.15) is 59.3 Å². The third-order valence-electron chi connectivity index (χ3n) is 3.26. The van der Waals surface area contributed by atoms with Gasteiger partial charge in [0.25, 0.3) is 0 Å². The van der Waals surface area contributed by atoms with Crippen molar-refractivity contribution in [3.63, 3.8) is 0 Å². The van der Waals surface area contributed by atoms with Crippen LogP contribution >= 0.6 is 0 Å². The van der Waals surface area contributed by atoms with E-state index in [0.717, 1.165) is 18.6 Å². The first-order chi connectivity index (χ1) is 7.63. The smallest absolute Gasteiger partial charge is 0.148 e. The Balaban J connectivity index is 3.56. The average molecular weight is 228 g/mol. The van der Waals surface area contributed by atoms with E-state index < -0.39 is 0 Å². The fourth-order valence-electron chi connectivity index (χ4n) is 2.17. The van der Waals surface area contributed by atoms with Gasteiger partial charge in [-0.1, -0.05) is 52.9 Å². The molecule has 2 nitrogen and oxygen atoms in total. The van der Waals surface area contributed by atoms with Gasteiger partial charge in [-0.05, 0) is 18.3 Å². The number of ether oxygens (including phenoxy) is 1. The summed E-state index contributed by atoms with van der Waals surface area (Å²) < 4.78 is 5.07. The van der Waals surface area contributed by atoms with Gasteiger partial charge >= 0.3 is 0 Å². The van der Waals surface area contributed by atoms with Crippen LogP contribution in [0.4, 0.5) is 0 Å². The number of carbonyl (C=O) groups excluding carboxylic acids is 1. The Morgan fingerprint density at radius 3 is 2.25 bits per heavy atom. The van der Waals surface area contributed by atoms with Crippen molar-refractivity contribution < 1.29 is 9.53 Å². The minimum absolute atomic E-state index is 0.205. The predicted octanol–water partition coefficient (Wildman–Crippen LogP) is 3.83. The monoisotopic (exact) mass is 228 g/mol. The molecule has 0 heterocycles. The van der Waals surface area contributed by atoms with E-state index in [4.69, 9.17) is 4.74 Å². The summed E-state index contributed by atoms with van der Waals surface area (Å²) in [7, 11) is 1.61. The third-order valence-corrected chi connectivity index (χ3v) is 3.26. The third kappa shape index (κ3) is 7.86. The standard InChI is InChI=1S/C14H28O2/c1-5-7-12(2)8-6-9-13(3)10-14(11-15)16-4/h11-14H,5-10H2,1-4H3. The van der Waals surface area contributed by atoms with Gasteiger partial charge in [-0.3, -0.25) is 0 Å². The first kappa shape index (κ1) is 15.6. The van der Waals surface area contributed by atoms with Crippen LogP contribution < -0.4 is 0 Å². The molecule has 0 saturated carbocycles. The van der Waals surface area contributed by atoms with Crippen LogP contribution in [-0.2, 0) is 9.53 Å². The van der Waals surface area contributed by atoms with Gasteiger partial charge in [-0.25, -0.2) is 0 Å². The molecule has 16 heavy (non-hydrogen) atoms. The van der Waals surface area contributed by atoms with Crippen LogP contribution in [0.25, 0.3) is 0 Å². The molecule has 0 fully saturated rings. The first-order valence-electron chi connectivity index (χ1n) is 6.62. The van der Waals surface area contributed by atoms with E-state index in [1.807, 2.05) is 0 Å². The van der Waals surface area contributed by atoms with E-state index >= 15 is 0 Å². The van der Waals surface area contributed by atoms with Crippen LogP contribution in [0.5, 0.6) is 0 Å². The Morgan fingerprint density at radius 2 is 1.75 bits per heavy atom. The van der Waals surface area contributed by atoms with Crippen LogP contribution in [0.2, 0.25) is 0 Å². The maximum absolute atomic E-state index is 10.6. The lowest BCUT2D eigenvalue weighted by atomic mass is 9.93. The lowest BCUT2D eigenvalue weighted by Crippen LogP contribution is -2.16. The minimum atomic E-state index is -0.205. The molecule has 0 radical (unpaired) electrons. The molecule has 0 rings (SSSR count). The van der Waals surface area contributed by atoms with Gasteiger partial charge < -0.3 is 9.53 Å². The second-order valence-corrected chi connectivity index (χ2v) is 5.08. The van der Waals surface area contributed by atoms with Gasteiger partial charge in [0.1, 0.15) is 12.4 Å². The molecular formula is C14H28O2. The number of carbonyl (C=O) groups is 1. The fourth-order valence-corrected chi connectivity index (χ4v) is 2.17. The van der Waals surface area contributed by atoms with E-state index in [0.29, 0.717) is 5.92 Å². The molecule has 0 aromatic rings. The summed E-state index contributed by atoms with van der Waals surface area (Å²) in [6, 6.07) is 0. The Labute approximate surface area is 101 Å². The molecule has 0 aliphatic carbocycles. The summed E-state index contributed by atoms with van der Waals surface area (Å²) in [5.41, 5.74) is 0. The van der Waals surface area contributed by atoms with Crippen LogP contribution in [0.3, 0.4) is 0 Å². The van der Waals surface area contributed by atoms with E-state index in [9.17, 15) is 4.79 Å². The molecule has 0 bridgehead atoms. The van der Waals surface area contributed by atoms with Crippen LogP contribution in [-0.4, -0.2) is 19.5 Å². The molecule has 3 unspecified atom stereocenters. The van der Waals surface area contributed by atoms with E-state index in [-0.39, 0.29) is 6.10 Å². The number of hydrogen-bond donors (Lipinski definition) is 0. The zero-order valence-electron chi connectivity index (χ0n) is 11.4. The van der Waals surface area contributed by atoms with E-state index in [1.165, 1.54) is 32.1 Å². The fraction of sp³-hybridized carbons (Fsp3) is 0.929. The zero-order valence-corrected chi connectivity index (χ0v) is 11.4. The van der Waals surface area contributed by atoms with Gasteiger partial charge in [0.2, 0.25) is 0 Å². The highest BCUT2D eigenvalue weighted by Gasteiger charge is 2.11. The molecule has 0 spiro atoms. The number of methoxy groups -OCH3 is 1. The normalized spacial score (nSPS) is 16.8.